The van der Waals surface area contributed by atoms with Crippen molar-refractivity contribution >= 4 is 5.97 Å². The van der Waals surface area contributed by atoms with Crippen LogP contribution in [0.2, 0.25) is 0 Å². The van der Waals surface area contributed by atoms with E-state index in [1.165, 1.54) is 30.7 Å². The van der Waals surface area contributed by atoms with Crippen LogP contribution in [0.4, 0.5) is 17.6 Å². The normalized spacial score (nSPS) is 24.1. The second-order valence-electron chi connectivity index (χ2n) is 10.4. The Balaban J connectivity index is 1.35. The summed E-state index contributed by atoms with van der Waals surface area (Å²) in [7, 11) is 0. The Morgan fingerprint density at radius 1 is 0.757 bits per heavy atom. The van der Waals surface area contributed by atoms with Crippen molar-refractivity contribution in [2.24, 2.45) is 5.92 Å². The monoisotopic (exact) mass is 520 g/mol. The van der Waals surface area contributed by atoms with E-state index in [0.29, 0.717) is 37.2 Å². The second kappa shape index (κ2) is 12.3. The number of halogens is 4. The van der Waals surface area contributed by atoms with Crippen molar-refractivity contribution in [2.45, 2.75) is 96.0 Å². The maximum Gasteiger partial charge on any atom is 0.341 e. The lowest BCUT2D eigenvalue weighted by molar-refractivity contribution is 0.0188. The molecule has 0 bridgehead atoms. The molecule has 4 rings (SSSR count). The number of ether oxygens (including phenoxy) is 2. The van der Waals surface area contributed by atoms with Crippen molar-refractivity contribution in [3.8, 4) is 5.75 Å². The Hall–Kier alpha value is -2.57. The second-order valence-corrected chi connectivity index (χ2v) is 10.4. The summed E-state index contributed by atoms with van der Waals surface area (Å²) in [6.07, 6.45) is 7.31. The van der Waals surface area contributed by atoms with Gasteiger partial charge in [-0.05, 0) is 99.3 Å². The van der Waals surface area contributed by atoms with Crippen LogP contribution in [-0.2, 0) is 4.74 Å². The van der Waals surface area contributed by atoms with Crippen molar-refractivity contribution in [3.63, 3.8) is 0 Å². The zero-order valence-corrected chi connectivity index (χ0v) is 21.6. The van der Waals surface area contributed by atoms with Gasteiger partial charge in [0.25, 0.3) is 0 Å². The van der Waals surface area contributed by atoms with Crippen LogP contribution < -0.4 is 4.74 Å². The van der Waals surface area contributed by atoms with Crippen LogP contribution >= 0.6 is 0 Å². The molecule has 0 amide bonds. The fourth-order valence-corrected chi connectivity index (χ4v) is 6.04. The van der Waals surface area contributed by atoms with Gasteiger partial charge in [0.15, 0.2) is 23.2 Å². The summed E-state index contributed by atoms with van der Waals surface area (Å²) in [6.45, 7) is 4.09. The van der Waals surface area contributed by atoms with Crippen molar-refractivity contribution in [2.75, 3.05) is 6.61 Å². The molecule has 2 fully saturated rings. The number of carbonyl (C=O) groups is 1. The van der Waals surface area contributed by atoms with Crippen LogP contribution in [0.15, 0.2) is 24.3 Å². The van der Waals surface area contributed by atoms with Gasteiger partial charge >= 0.3 is 5.97 Å². The van der Waals surface area contributed by atoms with Gasteiger partial charge in [-0.1, -0.05) is 31.9 Å². The predicted molar refractivity (Wildman–Crippen MR) is 134 cm³/mol. The maximum atomic E-state index is 15.0. The molecule has 7 heteroatoms. The van der Waals surface area contributed by atoms with Gasteiger partial charge in [-0.2, -0.15) is 4.39 Å². The van der Waals surface area contributed by atoms with Gasteiger partial charge in [-0.15, -0.1) is 0 Å². The molecular weight excluding hydrogens is 484 g/mol. The molecule has 37 heavy (non-hydrogen) atoms. The number of esters is 1. The topological polar surface area (TPSA) is 35.5 Å². The third-order valence-electron chi connectivity index (χ3n) is 8.08. The van der Waals surface area contributed by atoms with Crippen LogP contribution in [0.5, 0.6) is 5.75 Å². The highest BCUT2D eigenvalue weighted by atomic mass is 19.2. The fraction of sp³-hybridized carbons (Fsp3) is 0.567. The summed E-state index contributed by atoms with van der Waals surface area (Å²) in [6, 6.07) is 5.83. The minimum atomic E-state index is -1.15. The van der Waals surface area contributed by atoms with Gasteiger partial charge < -0.3 is 9.47 Å². The van der Waals surface area contributed by atoms with E-state index in [-0.39, 0.29) is 29.8 Å². The summed E-state index contributed by atoms with van der Waals surface area (Å²) in [4.78, 5) is 12.7. The lowest BCUT2D eigenvalue weighted by Gasteiger charge is -2.29. The molecule has 0 heterocycles. The minimum Gasteiger partial charge on any atom is -0.491 e. The summed E-state index contributed by atoms with van der Waals surface area (Å²) >= 11 is 0. The minimum absolute atomic E-state index is 0.0317. The molecule has 2 aliphatic carbocycles. The van der Waals surface area contributed by atoms with E-state index in [2.05, 4.69) is 6.92 Å². The highest BCUT2D eigenvalue weighted by Crippen LogP contribution is 2.40. The smallest absolute Gasteiger partial charge is 0.341 e. The molecule has 202 valence electrons. The molecule has 0 aliphatic heterocycles. The molecule has 0 aromatic heterocycles. The van der Waals surface area contributed by atoms with Gasteiger partial charge in [0.05, 0.1) is 12.2 Å². The highest BCUT2D eigenvalue weighted by Gasteiger charge is 2.31. The Morgan fingerprint density at radius 2 is 1.32 bits per heavy atom. The zero-order valence-electron chi connectivity index (χ0n) is 21.6. The van der Waals surface area contributed by atoms with Crippen LogP contribution in [-0.4, -0.2) is 18.7 Å². The molecule has 3 nitrogen and oxygen atoms in total. The lowest BCUT2D eigenvalue weighted by atomic mass is 9.77. The quantitative estimate of drug-likeness (QED) is 0.258. The van der Waals surface area contributed by atoms with E-state index in [0.717, 1.165) is 32.1 Å². The van der Waals surface area contributed by atoms with E-state index in [4.69, 9.17) is 9.47 Å². The van der Waals surface area contributed by atoms with Gasteiger partial charge in [0, 0.05) is 0 Å². The Bertz CT molecular complexity index is 1090. The Labute approximate surface area is 216 Å². The summed E-state index contributed by atoms with van der Waals surface area (Å²) < 4.78 is 69.3. The lowest BCUT2D eigenvalue weighted by Crippen LogP contribution is -2.25. The summed E-state index contributed by atoms with van der Waals surface area (Å²) in [5.41, 5.74) is 0.218. The Kier molecular flexibility index (Phi) is 9.14. The van der Waals surface area contributed by atoms with E-state index < -0.39 is 40.9 Å². The molecular formula is C30H36F4O3. The standard InChI is InChI=1S/C30H36F4O3/c1-3-5-18-6-8-19(9-7-18)22-14-15-24(28(33)26(22)31)30(35)37-21-12-10-20(11-13-21)23-16-17-25(36-4-2)29(34)27(23)32/h14-21H,3-13H2,1-2H3. The maximum absolute atomic E-state index is 15.0. The van der Waals surface area contributed by atoms with Crippen LogP contribution in [0, 0.1) is 29.2 Å². The first-order valence-corrected chi connectivity index (χ1v) is 13.6. The van der Waals surface area contributed by atoms with Gasteiger partial charge in [-0.3, -0.25) is 0 Å². The first-order valence-electron chi connectivity index (χ1n) is 13.6. The number of hydrogen-bond donors (Lipinski definition) is 0. The molecule has 2 aromatic rings. The number of benzene rings is 2. The molecule has 2 aromatic carbocycles. The molecule has 0 radical (unpaired) electrons. The van der Waals surface area contributed by atoms with E-state index in [1.807, 2.05) is 0 Å². The van der Waals surface area contributed by atoms with Crippen molar-refractivity contribution in [1.82, 2.24) is 0 Å². The van der Waals surface area contributed by atoms with Crippen molar-refractivity contribution in [1.29, 1.82) is 0 Å². The zero-order chi connectivity index (χ0) is 26.5. The van der Waals surface area contributed by atoms with Crippen LogP contribution in [0.25, 0.3) is 0 Å². The largest absolute Gasteiger partial charge is 0.491 e. The third kappa shape index (κ3) is 6.12. The molecule has 0 spiro atoms. The SMILES string of the molecule is CCCC1CCC(c2ccc(C(=O)OC3CCC(c4ccc(OCC)c(F)c4F)CC3)c(F)c2F)CC1. The van der Waals surface area contributed by atoms with E-state index in [9.17, 15) is 22.4 Å². The average Bonchev–Trinajstić information content (AvgIpc) is 2.90. The highest BCUT2D eigenvalue weighted by molar-refractivity contribution is 5.90. The summed E-state index contributed by atoms with van der Waals surface area (Å²) in [5.74, 6) is -4.62. The first-order chi connectivity index (χ1) is 17.8. The average molecular weight is 521 g/mol. The van der Waals surface area contributed by atoms with E-state index in [1.54, 1.807) is 6.92 Å². The fourth-order valence-electron chi connectivity index (χ4n) is 6.04. The van der Waals surface area contributed by atoms with Crippen molar-refractivity contribution < 1.29 is 31.8 Å². The molecule has 0 saturated heterocycles. The molecule has 0 N–H and O–H groups in total. The summed E-state index contributed by atoms with van der Waals surface area (Å²) in [5, 5.41) is 0. The number of rotatable bonds is 8. The van der Waals surface area contributed by atoms with Gasteiger partial charge in [-0.25, -0.2) is 18.0 Å². The molecule has 0 atom stereocenters. The van der Waals surface area contributed by atoms with E-state index >= 15 is 0 Å². The van der Waals surface area contributed by atoms with Gasteiger partial charge in [0.2, 0.25) is 5.82 Å². The first kappa shape index (κ1) is 27.5. The molecule has 0 unspecified atom stereocenters. The molecule has 2 aliphatic rings. The number of hydrogen-bond acceptors (Lipinski definition) is 3. The predicted octanol–water partition coefficient (Wildman–Crippen LogP) is 8.60. The van der Waals surface area contributed by atoms with Crippen molar-refractivity contribution in [3.05, 3.63) is 64.2 Å². The third-order valence-corrected chi connectivity index (χ3v) is 8.08. The number of carbonyl (C=O) groups excluding carboxylic acids is 1. The Morgan fingerprint density at radius 3 is 1.92 bits per heavy atom. The molecule has 2 saturated carbocycles. The van der Waals surface area contributed by atoms with Crippen LogP contribution in [0.1, 0.15) is 111 Å². The van der Waals surface area contributed by atoms with Crippen LogP contribution in [0.3, 0.4) is 0 Å². The van der Waals surface area contributed by atoms with Gasteiger partial charge in [0.1, 0.15) is 6.10 Å².